The Balaban J connectivity index is 1.91. The summed E-state index contributed by atoms with van der Waals surface area (Å²) < 4.78 is 0. The summed E-state index contributed by atoms with van der Waals surface area (Å²) in [6, 6.07) is 9.93. The zero-order valence-corrected chi connectivity index (χ0v) is 11.4. The molecular weight excluding hydrogens is 238 g/mol. The first-order valence-corrected chi connectivity index (χ1v) is 6.95. The van der Waals surface area contributed by atoms with Gasteiger partial charge in [0.15, 0.2) is 0 Å². The number of oxime groups is 1. The summed E-state index contributed by atoms with van der Waals surface area (Å²) in [4.78, 5) is 0. The highest BCUT2D eigenvalue weighted by Gasteiger charge is 2.27. The van der Waals surface area contributed by atoms with Gasteiger partial charge >= 0.3 is 0 Å². The monoisotopic (exact) mass is 261 g/mol. The number of hydrogen-bond acceptors (Lipinski definition) is 3. The number of hydrogen-bond donors (Lipinski definition) is 3. The fourth-order valence-electron chi connectivity index (χ4n) is 2.44. The lowest BCUT2D eigenvalue weighted by Crippen LogP contribution is -2.33. The summed E-state index contributed by atoms with van der Waals surface area (Å²) in [6.45, 7) is 3.98. The van der Waals surface area contributed by atoms with Gasteiger partial charge in [-0.15, -0.1) is 0 Å². The molecule has 4 N–H and O–H groups in total. The van der Waals surface area contributed by atoms with Crippen molar-refractivity contribution < 1.29 is 5.21 Å². The van der Waals surface area contributed by atoms with Gasteiger partial charge in [0.25, 0.3) is 0 Å². The molecule has 4 nitrogen and oxygen atoms in total. The molecule has 0 aromatic heterocycles. The lowest BCUT2D eigenvalue weighted by molar-refractivity contribution is 0.315. The van der Waals surface area contributed by atoms with Crippen molar-refractivity contribution in [3.05, 3.63) is 35.9 Å². The smallest absolute Gasteiger partial charge is 0.147 e. The summed E-state index contributed by atoms with van der Waals surface area (Å²) in [5, 5.41) is 15.5. The van der Waals surface area contributed by atoms with E-state index in [2.05, 4.69) is 17.4 Å². The maximum Gasteiger partial charge on any atom is 0.147 e. The van der Waals surface area contributed by atoms with Gasteiger partial charge in [-0.05, 0) is 36.8 Å². The molecule has 0 heterocycles. The normalized spacial score (nSPS) is 19.1. The van der Waals surface area contributed by atoms with E-state index in [1.54, 1.807) is 0 Å². The molecule has 1 aromatic carbocycles. The number of amidine groups is 1. The Kier molecular flexibility index (Phi) is 4.80. The minimum Gasteiger partial charge on any atom is -0.409 e. The number of benzene rings is 1. The lowest BCUT2D eigenvalue weighted by Gasteiger charge is -2.18. The van der Waals surface area contributed by atoms with E-state index in [0.717, 1.165) is 18.0 Å². The molecule has 0 radical (unpaired) electrons. The van der Waals surface area contributed by atoms with Gasteiger partial charge in [0.2, 0.25) is 0 Å². The number of nitrogens with zero attached hydrogens (tertiary/aromatic N) is 1. The van der Waals surface area contributed by atoms with Crippen molar-refractivity contribution in [2.24, 2.45) is 22.7 Å². The van der Waals surface area contributed by atoms with Gasteiger partial charge in [0.05, 0.1) is 5.92 Å². The van der Waals surface area contributed by atoms with Gasteiger partial charge in [0.1, 0.15) is 5.84 Å². The van der Waals surface area contributed by atoms with E-state index < -0.39 is 0 Å². The first-order valence-electron chi connectivity index (χ1n) is 6.95. The highest BCUT2D eigenvalue weighted by molar-refractivity contribution is 5.87. The molecule has 1 aliphatic rings. The molecule has 2 rings (SSSR count). The van der Waals surface area contributed by atoms with E-state index >= 15 is 0 Å². The van der Waals surface area contributed by atoms with Gasteiger partial charge in [-0.2, -0.15) is 0 Å². The van der Waals surface area contributed by atoms with E-state index in [-0.39, 0.29) is 11.8 Å². The SMILES string of the molecule is CC(CNCC(/C(N)=N/O)c1ccccc1)C1CC1. The maximum atomic E-state index is 8.91. The number of nitrogens with one attached hydrogen (secondary N) is 1. The van der Waals surface area contributed by atoms with E-state index in [1.165, 1.54) is 12.8 Å². The van der Waals surface area contributed by atoms with Crippen molar-refractivity contribution in [3.63, 3.8) is 0 Å². The highest BCUT2D eigenvalue weighted by atomic mass is 16.4. The van der Waals surface area contributed by atoms with Crippen molar-refractivity contribution in [3.8, 4) is 0 Å². The Morgan fingerprint density at radius 2 is 2.05 bits per heavy atom. The van der Waals surface area contributed by atoms with Crippen molar-refractivity contribution in [1.29, 1.82) is 0 Å². The first kappa shape index (κ1) is 13.9. The summed E-state index contributed by atoms with van der Waals surface area (Å²) in [7, 11) is 0. The van der Waals surface area contributed by atoms with Crippen molar-refractivity contribution in [1.82, 2.24) is 5.32 Å². The highest BCUT2D eigenvalue weighted by Crippen LogP contribution is 2.36. The van der Waals surface area contributed by atoms with Crippen LogP contribution < -0.4 is 11.1 Å². The lowest BCUT2D eigenvalue weighted by atomic mass is 9.97. The Morgan fingerprint density at radius 1 is 1.37 bits per heavy atom. The molecule has 0 bridgehead atoms. The third kappa shape index (κ3) is 3.96. The zero-order valence-electron chi connectivity index (χ0n) is 11.4. The summed E-state index contributed by atoms with van der Waals surface area (Å²) in [6.07, 6.45) is 2.73. The third-order valence-electron chi connectivity index (χ3n) is 3.92. The molecule has 0 spiro atoms. The number of nitrogens with two attached hydrogens (primary N) is 1. The van der Waals surface area contributed by atoms with E-state index in [1.807, 2.05) is 30.3 Å². The Morgan fingerprint density at radius 3 is 2.63 bits per heavy atom. The fourth-order valence-corrected chi connectivity index (χ4v) is 2.44. The average Bonchev–Trinajstić information content (AvgIpc) is 3.28. The van der Waals surface area contributed by atoms with Gasteiger partial charge in [-0.25, -0.2) is 0 Å². The standard InChI is InChI=1S/C15H23N3O/c1-11(12-7-8-12)9-17-10-14(15(16)18-19)13-5-3-2-4-6-13/h2-6,11-12,14,17,19H,7-10H2,1H3,(H2,16,18). The molecule has 1 aromatic rings. The molecule has 19 heavy (non-hydrogen) atoms. The van der Waals surface area contributed by atoms with Crippen molar-refractivity contribution in [2.75, 3.05) is 13.1 Å². The average molecular weight is 261 g/mol. The Hall–Kier alpha value is -1.55. The van der Waals surface area contributed by atoms with Crippen molar-refractivity contribution in [2.45, 2.75) is 25.7 Å². The molecule has 0 aliphatic heterocycles. The van der Waals surface area contributed by atoms with E-state index in [4.69, 9.17) is 10.9 Å². The van der Waals surface area contributed by atoms with Crippen LogP contribution in [0, 0.1) is 11.8 Å². The largest absolute Gasteiger partial charge is 0.409 e. The predicted molar refractivity (Wildman–Crippen MR) is 77.3 cm³/mol. The molecule has 0 amide bonds. The van der Waals surface area contributed by atoms with Crippen LogP contribution in [-0.4, -0.2) is 24.1 Å². The quantitative estimate of drug-likeness (QED) is 0.305. The minimum absolute atomic E-state index is 0.0717. The summed E-state index contributed by atoms with van der Waals surface area (Å²) in [5.74, 6) is 1.80. The second-order valence-electron chi connectivity index (χ2n) is 5.46. The third-order valence-corrected chi connectivity index (χ3v) is 3.92. The topological polar surface area (TPSA) is 70.6 Å². The second kappa shape index (κ2) is 6.57. The zero-order chi connectivity index (χ0) is 13.7. The van der Waals surface area contributed by atoms with Crippen LogP contribution in [0.4, 0.5) is 0 Å². The fraction of sp³-hybridized carbons (Fsp3) is 0.533. The predicted octanol–water partition coefficient (Wildman–Crippen LogP) is 2.15. The first-order chi connectivity index (χ1) is 9.22. The van der Waals surface area contributed by atoms with Crippen LogP contribution in [0.2, 0.25) is 0 Å². The second-order valence-corrected chi connectivity index (χ2v) is 5.46. The molecule has 2 unspecified atom stereocenters. The molecule has 2 atom stereocenters. The summed E-state index contributed by atoms with van der Waals surface area (Å²) >= 11 is 0. The minimum atomic E-state index is -0.0717. The molecule has 104 valence electrons. The van der Waals surface area contributed by atoms with Crippen LogP contribution in [0.25, 0.3) is 0 Å². The number of rotatable bonds is 7. The van der Waals surface area contributed by atoms with Crippen LogP contribution in [0.5, 0.6) is 0 Å². The van der Waals surface area contributed by atoms with E-state index in [0.29, 0.717) is 12.5 Å². The van der Waals surface area contributed by atoms with Crippen LogP contribution in [0.15, 0.2) is 35.5 Å². The molecule has 1 fully saturated rings. The van der Waals surface area contributed by atoms with Crippen LogP contribution in [-0.2, 0) is 0 Å². The van der Waals surface area contributed by atoms with Gasteiger partial charge in [0, 0.05) is 6.54 Å². The maximum absolute atomic E-state index is 8.91. The molecule has 4 heteroatoms. The molecular formula is C15H23N3O. The summed E-state index contributed by atoms with van der Waals surface area (Å²) in [5.41, 5.74) is 6.87. The van der Waals surface area contributed by atoms with Gasteiger partial charge in [-0.1, -0.05) is 42.4 Å². The van der Waals surface area contributed by atoms with Gasteiger partial charge < -0.3 is 16.3 Å². The Bertz CT molecular complexity index is 415. The molecule has 1 saturated carbocycles. The van der Waals surface area contributed by atoms with Crippen LogP contribution >= 0.6 is 0 Å². The van der Waals surface area contributed by atoms with Crippen molar-refractivity contribution >= 4 is 5.84 Å². The molecule has 0 saturated heterocycles. The van der Waals surface area contributed by atoms with Crippen LogP contribution in [0.1, 0.15) is 31.2 Å². The molecule has 1 aliphatic carbocycles. The Labute approximate surface area is 114 Å². The van der Waals surface area contributed by atoms with Gasteiger partial charge in [-0.3, -0.25) is 0 Å². The van der Waals surface area contributed by atoms with Crippen LogP contribution in [0.3, 0.4) is 0 Å². The van der Waals surface area contributed by atoms with E-state index in [9.17, 15) is 0 Å².